The van der Waals surface area contributed by atoms with Crippen molar-refractivity contribution in [1.82, 2.24) is 14.9 Å². The molecule has 1 N–H and O–H groups in total. The first kappa shape index (κ1) is 20.3. The van der Waals surface area contributed by atoms with Crippen LogP contribution in [0.2, 0.25) is 0 Å². The van der Waals surface area contributed by atoms with Gasteiger partial charge in [-0.25, -0.2) is 4.39 Å². The molecule has 1 aliphatic rings. The zero-order chi connectivity index (χ0) is 21.9. The first-order valence-corrected chi connectivity index (χ1v) is 10.8. The van der Waals surface area contributed by atoms with Gasteiger partial charge in [-0.2, -0.15) is 5.26 Å². The molecule has 3 heterocycles. The summed E-state index contributed by atoms with van der Waals surface area (Å²) in [6, 6.07) is 12.3. The average Bonchev–Trinajstić information content (AvgIpc) is 3.50. The van der Waals surface area contributed by atoms with Crippen LogP contribution < -0.4 is 9.47 Å². The van der Waals surface area contributed by atoms with E-state index in [0.717, 1.165) is 26.1 Å². The molecule has 2 aromatic heterocycles. The second-order valence-electron chi connectivity index (χ2n) is 7.96. The van der Waals surface area contributed by atoms with Gasteiger partial charge >= 0.3 is 0 Å². The average molecular weight is 430 g/mol. The Hall–Kier alpha value is -3.63. The largest absolute Gasteiger partial charge is 0.492 e. The molecule has 7 heteroatoms. The molecule has 162 valence electrons. The van der Waals surface area contributed by atoms with Gasteiger partial charge in [-0.05, 0) is 62.7 Å². The molecule has 0 spiro atoms. The highest BCUT2D eigenvalue weighted by atomic mass is 19.1. The van der Waals surface area contributed by atoms with Gasteiger partial charge in [0, 0.05) is 41.3 Å². The normalized spacial score (nSPS) is 14.1. The van der Waals surface area contributed by atoms with Crippen LogP contribution in [0.4, 0.5) is 4.39 Å². The molecule has 0 atom stereocenters. The topological polar surface area (TPSA) is 74.2 Å². The van der Waals surface area contributed by atoms with Crippen LogP contribution >= 0.6 is 0 Å². The lowest BCUT2D eigenvalue weighted by molar-refractivity contribution is 0.263. The number of rotatable bonds is 7. The minimum atomic E-state index is -0.438. The van der Waals surface area contributed by atoms with Crippen molar-refractivity contribution in [2.75, 3.05) is 26.2 Å². The summed E-state index contributed by atoms with van der Waals surface area (Å²) in [4.78, 5) is 9.81. The Labute approximate surface area is 185 Å². The lowest BCUT2D eigenvalue weighted by Crippen LogP contribution is -2.22. The Bertz CT molecular complexity index is 1300. The standard InChI is InChI=1S/C25H23FN4O2/c26-25-18-6-8-28-20(18)4-5-23(25)32-22-7-9-29-21-15-24(17(16-27)14-19(21)22)31-13-3-12-30-10-1-2-11-30/h4-9,14-15,28H,1-3,10-13H2. The zero-order valence-electron chi connectivity index (χ0n) is 17.6. The maximum absolute atomic E-state index is 14.8. The van der Waals surface area contributed by atoms with Gasteiger partial charge in [-0.3, -0.25) is 4.98 Å². The molecule has 32 heavy (non-hydrogen) atoms. The molecular weight excluding hydrogens is 407 g/mol. The number of ether oxygens (including phenoxy) is 2. The first-order chi connectivity index (χ1) is 15.7. The quantitative estimate of drug-likeness (QED) is 0.398. The molecule has 1 fully saturated rings. The summed E-state index contributed by atoms with van der Waals surface area (Å²) in [6.45, 7) is 3.85. The van der Waals surface area contributed by atoms with E-state index in [-0.39, 0.29) is 5.75 Å². The lowest BCUT2D eigenvalue weighted by atomic mass is 10.1. The molecule has 0 saturated carbocycles. The van der Waals surface area contributed by atoms with Crippen LogP contribution in [0.3, 0.4) is 0 Å². The Balaban J connectivity index is 1.38. The van der Waals surface area contributed by atoms with Crippen molar-refractivity contribution in [3.63, 3.8) is 0 Å². The highest BCUT2D eigenvalue weighted by Crippen LogP contribution is 2.35. The number of hydrogen-bond acceptors (Lipinski definition) is 5. The maximum atomic E-state index is 14.8. The molecule has 0 aliphatic carbocycles. The van der Waals surface area contributed by atoms with E-state index in [9.17, 15) is 9.65 Å². The van der Waals surface area contributed by atoms with E-state index in [1.807, 2.05) is 0 Å². The zero-order valence-corrected chi connectivity index (χ0v) is 17.6. The van der Waals surface area contributed by atoms with Crippen LogP contribution in [0.15, 0.2) is 48.8 Å². The van der Waals surface area contributed by atoms with Crippen molar-refractivity contribution in [2.24, 2.45) is 0 Å². The van der Waals surface area contributed by atoms with E-state index in [4.69, 9.17) is 9.47 Å². The van der Waals surface area contributed by atoms with E-state index < -0.39 is 5.82 Å². The number of nitrogens with one attached hydrogen (secondary N) is 1. The monoisotopic (exact) mass is 430 g/mol. The second kappa shape index (κ2) is 8.85. The van der Waals surface area contributed by atoms with E-state index in [1.54, 1.807) is 48.8 Å². The predicted molar refractivity (Wildman–Crippen MR) is 121 cm³/mol. The highest BCUT2D eigenvalue weighted by molar-refractivity contribution is 5.88. The van der Waals surface area contributed by atoms with Crippen molar-refractivity contribution in [2.45, 2.75) is 19.3 Å². The molecule has 0 unspecified atom stereocenters. The minimum absolute atomic E-state index is 0.116. The molecule has 0 radical (unpaired) electrons. The van der Waals surface area contributed by atoms with Crippen molar-refractivity contribution in [3.8, 4) is 23.3 Å². The molecule has 2 aromatic carbocycles. The number of H-pyrrole nitrogens is 1. The van der Waals surface area contributed by atoms with Crippen LogP contribution in [0, 0.1) is 17.1 Å². The van der Waals surface area contributed by atoms with Crippen LogP contribution in [0.5, 0.6) is 17.2 Å². The number of likely N-dealkylation sites (tertiary alicyclic amines) is 1. The fourth-order valence-corrected chi connectivity index (χ4v) is 4.19. The van der Waals surface area contributed by atoms with E-state index >= 15 is 0 Å². The third-order valence-electron chi connectivity index (χ3n) is 5.85. The Kier molecular flexibility index (Phi) is 5.61. The molecule has 1 aliphatic heterocycles. The van der Waals surface area contributed by atoms with Crippen molar-refractivity contribution < 1.29 is 13.9 Å². The molecule has 5 rings (SSSR count). The molecule has 1 saturated heterocycles. The molecule has 4 aromatic rings. The fraction of sp³-hybridized carbons (Fsp3) is 0.280. The van der Waals surface area contributed by atoms with Crippen molar-refractivity contribution in [3.05, 3.63) is 60.2 Å². The van der Waals surface area contributed by atoms with Crippen LogP contribution in [-0.2, 0) is 0 Å². The number of pyridine rings is 1. The number of nitrogens with zero attached hydrogens (tertiary/aromatic N) is 3. The Morgan fingerprint density at radius 2 is 1.94 bits per heavy atom. The highest BCUT2D eigenvalue weighted by Gasteiger charge is 2.15. The van der Waals surface area contributed by atoms with Gasteiger partial charge < -0.3 is 19.4 Å². The number of halogens is 1. The van der Waals surface area contributed by atoms with Gasteiger partial charge in [0.05, 0.1) is 17.7 Å². The summed E-state index contributed by atoms with van der Waals surface area (Å²) in [5, 5.41) is 10.8. The molecule has 6 nitrogen and oxygen atoms in total. The molecular formula is C25H23FN4O2. The fourth-order valence-electron chi connectivity index (χ4n) is 4.19. The van der Waals surface area contributed by atoms with E-state index in [1.165, 1.54) is 12.8 Å². The first-order valence-electron chi connectivity index (χ1n) is 10.8. The maximum Gasteiger partial charge on any atom is 0.175 e. The number of aromatic nitrogens is 2. The number of hydrogen-bond donors (Lipinski definition) is 1. The van der Waals surface area contributed by atoms with Crippen LogP contribution in [0.1, 0.15) is 24.8 Å². The minimum Gasteiger partial charge on any atom is -0.492 e. The van der Waals surface area contributed by atoms with E-state index in [0.29, 0.717) is 45.5 Å². The summed E-state index contributed by atoms with van der Waals surface area (Å²) >= 11 is 0. The van der Waals surface area contributed by atoms with Crippen molar-refractivity contribution in [1.29, 1.82) is 5.26 Å². The smallest absolute Gasteiger partial charge is 0.175 e. The van der Waals surface area contributed by atoms with Crippen molar-refractivity contribution >= 4 is 21.8 Å². The summed E-state index contributed by atoms with van der Waals surface area (Å²) in [5.41, 5.74) is 1.73. The number of fused-ring (bicyclic) bond motifs is 2. The lowest BCUT2D eigenvalue weighted by Gasteiger charge is -2.15. The summed E-state index contributed by atoms with van der Waals surface area (Å²) in [7, 11) is 0. The number of nitriles is 1. The number of benzene rings is 2. The Morgan fingerprint density at radius 1 is 1.06 bits per heavy atom. The predicted octanol–water partition coefficient (Wildman–Crippen LogP) is 5.38. The van der Waals surface area contributed by atoms with E-state index in [2.05, 4.69) is 20.9 Å². The van der Waals surface area contributed by atoms with Gasteiger partial charge in [0.2, 0.25) is 0 Å². The van der Waals surface area contributed by atoms with Gasteiger partial charge in [0.25, 0.3) is 0 Å². The number of aromatic amines is 1. The van der Waals surface area contributed by atoms with Crippen LogP contribution in [-0.4, -0.2) is 41.1 Å². The van der Waals surface area contributed by atoms with Gasteiger partial charge in [-0.15, -0.1) is 0 Å². The third kappa shape index (κ3) is 3.97. The van der Waals surface area contributed by atoms with Crippen LogP contribution in [0.25, 0.3) is 21.8 Å². The Morgan fingerprint density at radius 3 is 2.78 bits per heavy atom. The summed E-state index contributed by atoms with van der Waals surface area (Å²) < 4.78 is 26.7. The van der Waals surface area contributed by atoms with Gasteiger partial charge in [0.1, 0.15) is 17.6 Å². The SMILES string of the molecule is N#Cc1cc2c(Oc3ccc4[nH]ccc4c3F)ccnc2cc1OCCCN1CCCC1. The van der Waals surface area contributed by atoms with Gasteiger partial charge in [-0.1, -0.05) is 0 Å². The summed E-state index contributed by atoms with van der Waals surface area (Å²) in [5.74, 6) is 0.615. The summed E-state index contributed by atoms with van der Waals surface area (Å²) in [6.07, 6.45) is 6.73. The molecule has 0 amide bonds. The van der Waals surface area contributed by atoms with Gasteiger partial charge in [0.15, 0.2) is 11.6 Å². The second-order valence-corrected chi connectivity index (χ2v) is 7.96. The molecule has 0 bridgehead atoms. The third-order valence-corrected chi connectivity index (χ3v) is 5.85.